The van der Waals surface area contributed by atoms with E-state index in [1.807, 2.05) is 18.2 Å². The van der Waals surface area contributed by atoms with Gasteiger partial charge in [0.05, 0.1) is 25.3 Å². The minimum absolute atomic E-state index is 0.513. The van der Waals surface area contributed by atoms with E-state index < -0.39 is 0 Å². The van der Waals surface area contributed by atoms with Crippen LogP contribution in [0.2, 0.25) is 0 Å². The summed E-state index contributed by atoms with van der Waals surface area (Å²) in [7, 11) is 1.61. The minimum atomic E-state index is 0.513. The van der Waals surface area contributed by atoms with Gasteiger partial charge in [-0.1, -0.05) is 13.8 Å². The van der Waals surface area contributed by atoms with Gasteiger partial charge in [-0.25, -0.2) is 0 Å². The Morgan fingerprint density at radius 2 is 2.17 bits per heavy atom. The van der Waals surface area contributed by atoms with Crippen molar-refractivity contribution in [1.29, 1.82) is 5.26 Å². The summed E-state index contributed by atoms with van der Waals surface area (Å²) in [5.74, 6) is 1.21. The van der Waals surface area contributed by atoms with Gasteiger partial charge in [0.1, 0.15) is 5.75 Å². The lowest BCUT2D eigenvalue weighted by Crippen LogP contribution is -2.28. The molecule has 0 aliphatic rings. The molecule has 0 amide bonds. The highest BCUT2D eigenvalue weighted by molar-refractivity contribution is 5.62. The lowest BCUT2D eigenvalue weighted by Gasteiger charge is -2.26. The fourth-order valence-electron chi connectivity index (χ4n) is 1.85. The molecule has 0 fully saturated rings. The molecule has 0 atom stereocenters. The number of nitrogens with two attached hydrogens (primary N) is 1. The van der Waals surface area contributed by atoms with Crippen LogP contribution in [0.5, 0.6) is 5.75 Å². The Balaban J connectivity index is 2.93. The number of hydrogen-bond donors (Lipinski definition) is 1. The Morgan fingerprint density at radius 3 is 2.72 bits per heavy atom. The Bertz CT molecular complexity index is 424. The Hall–Kier alpha value is -1.89. The fourth-order valence-corrected chi connectivity index (χ4v) is 1.85. The number of hydrogen-bond acceptors (Lipinski definition) is 4. The average Bonchev–Trinajstić information content (AvgIpc) is 2.34. The average molecular weight is 247 g/mol. The van der Waals surface area contributed by atoms with Crippen molar-refractivity contribution in [3.05, 3.63) is 18.2 Å². The van der Waals surface area contributed by atoms with Crippen LogP contribution in [-0.4, -0.2) is 20.2 Å². The van der Waals surface area contributed by atoms with Crippen molar-refractivity contribution in [2.45, 2.75) is 20.3 Å². The van der Waals surface area contributed by atoms with Gasteiger partial charge in [-0.15, -0.1) is 0 Å². The van der Waals surface area contributed by atoms with Crippen LogP contribution in [-0.2, 0) is 0 Å². The van der Waals surface area contributed by atoms with E-state index in [1.165, 1.54) is 0 Å². The first kappa shape index (κ1) is 14.2. The molecule has 0 bridgehead atoms. The fraction of sp³-hybridized carbons (Fsp3) is 0.500. The van der Waals surface area contributed by atoms with Crippen LogP contribution in [0, 0.1) is 17.2 Å². The van der Waals surface area contributed by atoms with E-state index in [0.717, 1.165) is 18.8 Å². The molecular weight excluding hydrogens is 226 g/mol. The number of nitrogen functional groups attached to an aromatic ring is 1. The van der Waals surface area contributed by atoms with Crippen molar-refractivity contribution < 1.29 is 4.74 Å². The SMILES string of the molecule is COc1cc(N(CCC#N)CC(C)C)ccc1N. The van der Waals surface area contributed by atoms with E-state index in [-0.39, 0.29) is 0 Å². The molecule has 1 aromatic carbocycles. The first-order chi connectivity index (χ1) is 8.58. The standard InChI is InChI=1S/C14H21N3O/c1-11(2)10-17(8-4-7-15)12-5-6-13(16)14(9-12)18-3/h5-6,9,11H,4,8,10,16H2,1-3H3. The molecule has 0 aliphatic carbocycles. The third-order valence-corrected chi connectivity index (χ3v) is 2.66. The second kappa shape index (κ2) is 6.75. The highest BCUT2D eigenvalue weighted by atomic mass is 16.5. The second-order valence-corrected chi connectivity index (χ2v) is 4.67. The second-order valence-electron chi connectivity index (χ2n) is 4.67. The molecule has 0 radical (unpaired) electrons. The normalized spacial score (nSPS) is 10.2. The van der Waals surface area contributed by atoms with Gasteiger partial charge in [0.15, 0.2) is 0 Å². The lowest BCUT2D eigenvalue weighted by atomic mass is 10.1. The molecular formula is C14H21N3O. The van der Waals surface area contributed by atoms with Crippen molar-refractivity contribution in [3.8, 4) is 11.8 Å². The van der Waals surface area contributed by atoms with Gasteiger partial charge < -0.3 is 15.4 Å². The summed E-state index contributed by atoms with van der Waals surface area (Å²) in [6, 6.07) is 7.92. The molecule has 0 saturated heterocycles. The van der Waals surface area contributed by atoms with Crippen molar-refractivity contribution in [2.24, 2.45) is 5.92 Å². The first-order valence-electron chi connectivity index (χ1n) is 6.14. The molecule has 0 saturated carbocycles. The number of rotatable bonds is 6. The lowest BCUT2D eigenvalue weighted by molar-refractivity contribution is 0.417. The quantitative estimate of drug-likeness (QED) is 0.785. The number of ether oxygens (including phenoxy) is 1. The summed E-state index contributed by atoms with van der Waals surface area (Å²) >= 11 is 0. The van der Waals surface area contributed by atoms with Gasteiger partial charge >= 0.3 is 0 Å². The van der Waals surface area contributed by atoms with E-state index in [9.17, 15) is 0 Å². The zero-order valence-corrected chi connectivity index (χ0v) is 11.3. The molecule has 1 rings (SSSR count). The minimum Gasteiger partial charge on any atom is -0.495 e. The van der Waals surface area contributed by atoms with Gasteiger partial charge in [0.2, 0.25) is 0 Å². The largest absolute Gasteiger partial charge is 0.495 e. The van der Waals surface area contributed by atoms with Gasteiger partial charge in [-0.3, -0.25) is 0 Å². The maximum absolute atomic E-state index is 8.72. The zero-order valence-electron chi connectivity index (χ0n) is 11.3. The molecule has 1 aromatic rings. The first-order valence-corrected chi connectivity index (χ1v) is 6.14. The molecule has 0 aliphatic heterocycles. The van der Waals surface area contributed by atoms with Crippen LogP contribution in [0.25, 0.3) is 0 Å². The Kier molecular flexibility index (Phi) is 5.31. The zero-order chi connectivity index (χ0) is 13.5. The van der Waals surface area contributed by atoms with E-state index >= 15 is 0 Å². The highest BCUT2D eigenvalue weighted by Crippen LogP contribution is 2.27. The summed E-state index contributed by atoms with van der Waals surface area (Å²) in [5.41, 5.74) is 7.48. The van der Waals surface area contributed by atoms with E-state index in [1.54, 1.807) is 7.11 Å². The maximum Gasteiger partial charge on any atom is 0.143 e. The Labute approximate surface area is 109 Å². The van der Waals surface area contributed by atoms with Crippen LogP contribution in [0.15, 0.2) is 18.2 Å². The van der Waals surface area contributed by atoms with E-state index in [4.69, 9.17) is 15.7 Å². The smallest absolute Gasteiger partial charge is 0.143 e. The van der Waals surface area contributed by atoms with Gasteiger partial charge in [0, 0.05) is 24.8 Å². The summed E-state index contributed by atoms with van der Waals surface area (Å²) in [6.45, 7) is 5.96. The van der Waals surface area contributed by atoms with E-state index in [0.29, 0.717) is 23.8 Å². The Morgan fingerprint density at radius 1 is 1.44 bits per heavy atom. The maximum atomic E-state index is 8.72. The number of methoxy groups -OCH3 is 1. The highest BCUT2D eigenvalue weighted by Gasteiger charge is 2.10. The molecule has 4 heteroatoms. The molecule has 0 aromatic heterocycles. The monoisotopic (exact) mass is 247 g/mol. The van der Waals surface area contributed by atoms with Gasteiger partial charge in [-0.2, -0.15) is 5.26 Å². The predicted octanol–water partition coefficient (Wildman–Crippen LogP) is 2.65. The van der Waals surface area contributed by atoms with Crippen molar-refractivity contribution in [3.63, 3.8) is 0 Å². The van der Waals surface area contributed by atoms with Crippen LogP contribution in [0.4, 0.5) is 11.4 Å². The molecule has 4 nitrogen and oxygen atoms in total. The van der Waals surface area contributed by atoms with Crippen molar-refractivity contribution in [1.82, 2.24) is 0 Å². The molecule has 18 heavy (non-hydrogen) atoms. The number of nitriles is 1. The number of benzene rings is 1. The number of anilines is 2. The predicted molar refractivity (Wildman–Crippen MR) is 74.7 cm³/mol. The van der Waals surface area contributed by atoms with Crippen LogP contribution in [0.3, 0.4) is 0 Å². The van der Waals surface area contributed by atoms with Gasteiger partial charge in [0.25, 0.3) is 0 Å². The molecule has 2 N–H and O–H groups in total. The summed E-state index contributed by atoms with van der Waals surface area (Å²) < 4.78 is 5.23. The summed E-state index contributed by atoms with van der Waals surface area (Å²) in [6.07, 6.45) is 0.513. The van der Waals surface area contributed by atoms with Crippen LogP contribution in [0.1, 0.15) is 20.3 Å². The van der Waals surface area contributed by atoms with Gasteiger partial charge in [-0.05, 0) is 18.1 Å². The van der Waals surface area contributed by atoms with Crippen molar-refractivity contribution >= 4 is 11.4 Å². The van der Waals surface area contributed by atoms with Crippen LogP contribution >= 0.6 is 0 Å². The third kappa shape index (κ3) is 3.85. The topological polar surface area (TPSA) is 62.3 Å². The molecule has 0 spiro atoms. The van der Waals surface area contributed by atoms with Crippen LogP contribution < -0.4 is 15.4 Å². The summed E-state index contributed by atoms with van der Waals surface area (Å²) in [4.78, 5) is 2.19. The number of nitrogens with zero attached hydrogens (tertiary/aromatic N) is 2. The summed E-state index contributed by atoms with van der Waals surface area (Å²) in [5, 5.41) is 8.72. The molecule has 0 unspecified atom stereocenters. The van der Waals surface area contributed by atoms with Crippen molar-refractivity contribution in [2.75, 3.05) is 30.8 Å². The molecule has 98 valence electrons. The third-order valence-electron chi connectivity index (χ3n) is 2.66. The van der Waals surface area contributed by atoms with E-state index in [2.05, 4.69) is 24.8 Å². The molecule has 0 heterocycles.